The van der Waals surface area contributed by atoms with E-state index in [9.17, 15) is 5.11 Å². The maximum absolute atomic E-state index is 9.73. The first-order chi connectivity index (χ1) is 11.2. The summed E-state index contributed by atoms with van der Waals surface area (Å²) in [5.41, 5.74) is 1.20. The summed E-state index contributed by atoms with van der Waals surface area (Å²) in [6.45, 7) is 3.53. The second-order valence-corrected chi connectivity index (χ2v) is 6.59. The highest BCUT2D eigenvalue weighted by Gasteiger charge is 2.28. The molecule has 0 bridgehead atoms. The zero-order chi connectivity index (χ0) is 15.8. The van der Waals surface area contributed by atoms with Crippen molar-refractivity contribution in [3.8, 4) is 0 Å². The molecule has 2 unspecified atom stereocenters. The Morgan fingerprint density at radius 1 is 1.35 bits per heavy atom. The van der Waals surface area contributed by atoms with Crippen LogP contribution in [0.4, 0.5) is 17.6 Å². The Hall–Kier alpha value is -2.15. The summed E-state index contributed by atoms with van der Waals surface area (Å²) in [5.74, 6) is 3.18. The first kappa shape index (κ1) is 14.4. The van der Waals surface area contributed by atoms with Crippen molar-refractivity contribution >= 4 is 17.6 Å². The van der Waals surface area contributed by atoms with Gasteiger partial charge in [-0.25, -0.2) is 4.98 Å². The van der Waals surface area contributed by atoms with Crippen molar-refractivity contribution in [1.82, 2.24) is 20.2 Å². The molecule has 122 valence electrons. The van der Waals surface area contributed by atoms with E-state index in [0.717, 1.165) is 31.1 Å². The van der Waals surface area contributed by atoms with Crippen LogP contribution in [0.15, 0.2) is 18.3 Å². The fourth-order valence-electron chi connectivity index (χ4n) is 3.07. The van der Waals surface area contributed by atoms with E-state index in [1.807, 2.05) is 13.0 Å². The molecule has 1 saturated carbocycles. The minimum atomic E-state index is -0.286. The van der Waals surface area contributed by atoms with Gasteiger partial charge in [-0.15, -0.1) is 0 Å². The lowest BCUT2D eigenvalue weighted by molar-refractivity contribution is 0.136. The van der Waals surface area contributed by atoms with Crippen molar-refractivity contribution < 1.29 is 5.11 Å². The fraction of sp³-hybridized carbons (Fsp3) is 0.562. The fourth-order valence-corrected chi connectivity index (χ4v) is 3.07. The molecule has 1 aliphatic heterocycles. The number of aromatic nitrogens is 4. The smallest absolute Gasteiger partial charge is 0.227 e. The maximum Gasteiger partial charge on any atom is 0.227 e. The van der Waals surface area contributed by atoms with Crippen molar-refractivity contribution in [3.63, 3.8) is 0 Å². The van der Waals surface area contributed by atoms with Crippen LogP contribution in [-0.2, 0) is 0 Å². The molecule has 2 aliphatic rings. The van der Waals surface area contributed by atoms with Crippen LogP contribution < -0.4 is 10.2 Å². The Morgan fingerprint density at radius 3 is 2.96 bits per heavy atom. The lowest BCUT2D eigenvalue weighted by atomic mass is 10.0. The van der Waals surface area contributed by atoms with Crippen LogP contribution in [0.3, 0.4) is 0 Å². The summed E-state index contributed by atoms with van der Waals surface area (Å²) >= 11 is 0. The van der Waals surface area contributed by atoms with Gasteiger partial charge in [-0.3, -0.25) is 5.10 Å². The van der Waals surface area contributed by atoms with Gasteiger partial charge < -0.3 is 15.3 Å². The summed E-state index contributed by atoms with van der Waals surface area (Å²) in [6, 6.07) is 3.90. The van der Waals surface area contributed by atoms with E-state index in [1.165, 1.54) is 18.5 Å². The molecular weight excluding hydrogens is 292 g/mol. The number of aromatic amines is 1. The highest BCUT2D eigenvalue weighted by molar-refractivity contribution is 5.53. The van der Waals surface area contributed by atoms with Gasteiger partial charge in [0.25, 0.3) is 0 Å². The average molecular weight is 314 g/mol. The molecule has 0 amide bonds. The van der Waals surface area contributed by atoms with E-state index in [-0.39, 0.29) is 6.10 Å². The van der Waals surface area contributed by atoms with E-state index in [0.29, 0.717) is 17.8 Å². The minimum absolute atomic E-state index is 0.286. The van der Waals surface area contributed by atoms with Gasteiger partial charge >= 0.3 is 0 Å². The number of hydrogen-bond acceptors (Lipinski definition) is 6. The molecule has 0 radical (unpaired) electrons. The lowest BCUT2D eigenvalue weighted by Crippen LogP contribution is -2.25. The monoisotopic (exact) mass is 314 g/mol. The van der Waals surface area contributed by atoms with Crippen molar-refractivity contribution in [1.29, 1.82) is 0 Å². The summed E-state index contributed by atoms with van der Waals surface area (Å²) < 4.78 is 0. The molecule has 2 aromatic rings. The van der Waals surface area contributed by atoms with Crippen LogP contribution in [0.5, 0.6) is 0 Å². The third-order valence-corrected chi connectivity index (χ3v) is 4.70. The van der Waals surface area contributed by atoms with Gasteiger partial charge in [-0.05, 0) is 32.3 Å². The number of anilines is 3. The van der Waals surface area contributed by atoms with E-state index in [4.69, 9.17) is 0 Å². The molecule has 1 saturated heterocycles. The first-order valence-electron chi connectivity index (χ1n) is 8.27. The first-order valence-corrected chi connectivity index (χ1v) is 8.27. The summed E-state index contributed by atoms with van der Waals surface area (Å²) in [6.07, 6.45) is 4.95. The van der Waals surface area contributed by atoms with E-state index >= 15 is 0 Å². The summed E-state index contributed by atoms with van der Waals surface area (Å²) in [4.78, 5) is 11.1. The number of nitrogens with zero attached hydrogens (tertiary/aromatic N) is 4. The van der Waals surface area contributed by atoms with Gasteiger partial charge in [0.2, 0.25) is 5.95 Å². The molecule has 23 heavy (non-hydrogen) atoms. The van der Waals surface area contributed by atoms with E-state index < -0.39 is 0 Å². The molecule has 7 nitrogen and oxygen atoms in total. The second kappa shape index (κ2) is 5.81. The second-order valence-electron chi connectivity index (χ2n) is 6.59. The van der Waals surface area contributed by atoms with Crippen molar-refractivity contribution in [3.05, 3.63) is 24.0 Å². The summed E-state index contributed by atoms with van der Waals surface area (Å²) in [5, 5.41) is 20.3. The molecule has 3 heterocycles. The van der Waals surface area contributed by atoms with Crippen LogP contribution in [0.1, 0.15) is 37.8 Å². The summed E-state index contributed by atoms with van der Waals surface area (Å²) in [7, 11) is 0. The van der Waals surface area contributed by atoms with Crippen molar-refractivity contribution in [2.45, 2.75) is 38.2 Å². The molecule has 1 aliphatic carbocycles. The molecule has 3 N–H and O–H groups in total. The normalized spacial score (nSPS) is 22.3. The Labute approximate surface area is 135 Å². The number of H-pyrrole nitrogens is 1. The zero-order valence-electron chi connectivity index (χ0n) is 13.2. The van der Waals surface area contributed by atoms with Gasteiger partial charge in [0.05, 0.1) is 6.10 Å². The quantitative estimate of drug-likeness (QED) is 0.782. The van der Waals surface area contributed by atoms with Gasteiger partial charge in [0.15, 0.2) is 5.82 Å². The average Bonchev–Trinajstić information content (AvgIpc) is 3.09. The Balaban J connectivity index is 1.45. The minimum Gasteiger partial charge on any atom is -0.393 e. The molecule has 0 aromatic carbocycles. The number of rotatable bonds is 5. The zero-order valence-corrected chi connectivity index (χ0v) is 13.2. The standard InChI is InChI=1S/C16H22N6O/c1-10(23)12-5-7-22(9-12)16-17-6-4-14(19-16)18-15-8-13(20-21-15)11-2-3-11/h4,6,8,10-12,23H,2-3,5,7,9H2,1H3,(H2,17,18,19,20,21). The van der Waals surface area contributed by atoms with Crippen LogP contribution in [-0.4, -0.2) is 44.5 Å². The van der Waals surface area contributed by atoms with Crippen LogP contribution in [0.25, 0.3) is 0 Å². The van der Waals surface area contributed by atoms with Gasteiger partial charge in [-0.2, -0.15) is 10.1 Å². The third-order valence-electron chi connectivity index (χ3n) is 4.70. The predicted molar refractivity (Wildman–Crippen MR) is 87.9 cm³/mol. The predicted octanol–water partition coefficient (Wildman–Crippen LogP) is 2.03. The van der Waals surface area contributed by atoms with E-state index in [1.54, 1.807) is 6.20 Å². The van der Waals surface area contributed by atoms with Gasteiger partial charge in [-0.1, -0.05) is 0 Å². The van der Waals surface area contributed by atoms with Gasteiger partial charge in [0.1, 0.15) is 5.82 Å². The lowest BCUT2D eigenvalue weighted by Gasteiger charge is -2.17. The maximum atomic E-state index is 9.73. The molecule has 2 aromatic heterocycles. The topological polar surface area (TPSA) is 90.0 Å². The molecule has 7 heteroatoms. The highest BCUT2D eigenvalue weighted by Crippen LogP contribution is 2.39. The number of hydrogen-bond donors (Lipinski definition) is 3. The SMILES string of the molecule is CC(O)C1CCN(c2nccc(Nc3cc(C4CC4)[nH]n3)n2)C1. The highest BCUT2D eigenvalue weighted by atomic mass is 16.3. The molecule has 2 fully saturated rings. The number of nitrogens with one attached hydrogen (secondary N) is 2. The Morgan fingerprint density at radius 2 is 2.22 bits per heavy atom. The van der Waals surface area contributed by atoms with Gasteiger partial charge in [0, 0.05) is 42.9 Å². The van der Waals surface area contributed by atoms with Crippen LogP contribution >= 0.6 is 0 Å². The largest absolute Gasteiger partial charge is 0.393 e. The number of aliphatic hydroxyl groups excluding tert-OH is 1. The number of aliphatic hydroxyl groups is 1. The van der Waals surface area contributed by atoms with E-state index in [2.05, 4.69) is 36.4 Å². The third kappa shape index (κ3) is 3.14. The Kier molecular flexibility index (Phi) is 3.65. The molecule has 4 rings (SSSR count). The van der Waals surface area contributed by atoms with Crippen molar-refractivity contribution in [2.75, 3.05) is 23.3 Å². The van der Waals surface area contributed by atoms with Crippen LogP contribution in [0, 0.1) is 5.92 Å². The molecule has 2 atom stereocenters. The Bertz CT molecular complexity index is 681. The molecular formula is C16H22N6O. The van der Waals surface area contributed by atoms with Crippen molar-refractivity contribution in [2.24, 2.45) is 5.92 Å². The van der Waals surface area contributed by atoms with Crippen LogP contribution in [0.2, 0.25) is 0 Å². The molecule has 0 spiro atoms.